The maximum absolute atomic E-state index is 14.5. The molecule has 0 aromatic heterocycles. The van der Waals surface area contributed by atoms with Gasteiger partial charge >= 0.3 is 0 Å². The van der Waals surface area contributed by atoms with Crippen LogP contribution in [0.2, 0.25) is 0 Å². The summed E-state index contributed by atoms with van der Waals surface area (Å²) in [7, 11) is -3.96. The van der Waals surface area contributed by atoms with Crippen LogP contribution in [0.25, 0.3) is 0 Å². The van der Waals surface area contributed by atoms with Crippen LogP contribution in [-0.2, 0) is 16.4 Å². The molecule has 0 N–H and O–H groups in total. The molecule has 0 saturated carbocycles. The Morgan fingerprint density at radius 2 is 1.79 bits per heavy atom. The number of anilines is 1. The van der Waals surface area contributed by atoms with Gasteiger partial charge in [-0.3, -0.25) is 4.79 Å². The summed E-state index contributed by atoms with van der Waals surface area (Å²) in [5.41, 5.74) is 2.11. The molecule has 1 saturated heterocycles. The first-order valence-electron chi connectivity index (χ1n) is 10.1. The Bertz CT molecular complexity index is 1030. The van der Waals surface area contributed by atoms with E-state index in [-0.39, 0.29) is 17.4 Å². The van der Waals surface area contributed by atoms with Gasteiger partial charge in [0.2, 0.25) is 10.0 Å². The summed E-state index contributed by atoms with van der Waals surface area (Å²) in [6.07, 6.45) is 3.39. The lowest BCUT2D eigenvalue weighted by Gasteiger charge is -2.33. The van der Waals surface area contributed by atoms with Crippen molar-refractivity contribution in [2.45, 2.75) is 37.5 Å². The zero-order valence-electron chi connectivity index (χ0n) is 16.5. The molecule has 7 heteroatoms. The first-order valence-corrected chi connectivity index (χ1v) is 11.5. The van der Waals surface area contributed by atoms with Crippen LogP contribution in [0.15, 0.2) is 47.4 Å². The molecule has 5 nitrogen and oxygen atoms in total. The van der Waals surface area contributed by atoms with Gasteiger partial charge in [0.05, 0.1) is 0 Å². The third kappa shape index (κ3) is 3.81. The second kappa shape index (κ2) is 7.88. The zero-order valence-corrected chi connectivity index (χ0v) is 17.3. The van der Waals surface area contributed by atoms with Crippen LogP contribution < -0.4 is 4.90 Å². The number of fused-ring (bicyclic) bond motifs is 1. The molecule has 4 rings (SSSR count). The minimum absolute atomic E-state index is 0.186. The highest BCUT2D eigenvalue weighted by molar-refractivity contribution is 7.89. The molecule has 1 atom stereocenters. The van der Waals surface area contributed by atoms with Gasteiger partial charge in [-0.05, 0) is 55.0 Å². The van der Waals surface area contributed by atoms with Gasteiger partial charge in [-0.2, -0.15) is 4.31 Å². The van der Waals surface area contributed by atoms with E-state index >= 15 is 0 Å². The Morgan fingerprint density at radius 3 is 2.55 bits per heavy atom. The van der Waals surface area contributed by atoms with Gasteiger partial charge in [-0.25, -0.2) is 12.8 Å². The average molecular weight is 417 g/mol. The number of sulfonamides is 1. The van der Waals surface area contributed by atoms with Gasteiger partial charge in [0.25, 0.3) is 5.91 Å². The molecule has 1 amide bonds. The number of halogens is 1. The summed E-state index contributed by atoms with van der Waals surface area (Å²) in [5.74, 6) is -0.843. The molecule has 0 bridgehead atoms. The fraction of sp³-hybridized carbons (Fsp3) is 0.409. The third-order valence-corrected chi connectivity index (χ3v) is 7.61. The lowest BCUT2D eigenvalue weighted by atomic mass is 9.93. The third-order valence-electron chi connectivity index (χ3n) is 5.70. The number of hydrogen-bond acceptors (Lipinski definition) is 3. The Kier molecular flexibility index (Phi) is 5.44. The van der Waals surface area contributed by atoms with Gasteiger partial charge in [-0.1, -0.05) is 31.5 Å². The summed E-state index contributed by atoms with van der Waals surface area (Å²) >= 11 is 0. The largest absolute Gasteiger partial charge is 0.308 e. The van der Waals surface area contributed by atoms with E-state index in [0.717, 1.165) is 43.0 Å². The van der Waals surface area contributed by atoms with E-state index < -0.39 is 20.7 Å². The van der Waals surface area contributed by atoms with Crippen LogP contribution in [-0.4, -0.2) is 38.3 Å². The van der Waals surface area contributed by atoms with Crippen molar-refractivity contribution in [1.29, 1.82) is 0 Å². The molecule has 154 valence electrons. The van der Waals surface area contributed by atoms with Gasteiger partial charge in [0, 0.05) is 30.9 Å². The van der Waals surface area contributed by atoms with Crippen molar-refractivity contribution >= 4 is 21.6 Å². The number of hydrogen-bond donors (Lipinski definition) is 0. The molecule has 2 heterocycles. The number of carbonyl (C=O) groups is 1. The highest BCUT2D eigenvalue weighted by Gasteiger charge is 2.31. The molecule has 29 heavy (non-hydrogen) atoms. The summed E-state index contributed by atoms with van der Waals surface area (Å²) in [6.45, 7) is 3.39. The maximum Gasteiger partial charge on any atom is 0.258 e. The van der Waals surface area contributed by atoms with Crippen molar-refractivity contribution in [3.05, 3.63) is 59.4 Å². The smallest absolute Gasteiger partial charge is 0.258 e. The topological polar surface area (TPSA) is 57.7 Å². The average Bonchev–Trinajstić information content (AvgIpc) is 2.73. The standard InChI is InChI=1S/C22H25FN2O3S/c1-16-13-17-7-3-4-8-20(17)25(15-16)22(26)18-9-10-19(23)21(14-18)29(27,28)24-11-5-2-6-12-24/h3-4,7-10,14,16H,2,5-6,11-13,15H2,1H3. The Labute approximate surface area is 171 Å². The number of piperidine rings is 1. The molecule has 2 aromatic rings. The van der Waals surface area contributed by atoms with Crippen LogP contribution >= 0.6 is 0 Å². The van der Waals surface area contributed by atoms with Crippen molar-refractivity contribution in [3.63, 3.8) is 0 Å². The van der Waals surface area contributed by atoms with Crippen LogP contribution in [0.3, 0.4) is 0 Å². The van der Waals surface area contributed by atoms with E-state index in [0.29, 0.717) is 19.6 Å². The minimum Gasteiger partial charge on any atom is -0.308 e. The molecule has 0 radical (unpaired) electrons. The predicted molar refractivity (Wildman–Crippen MR) is 110 cm³/mol. The Morgan fingerprint density at radius 1 is 1.07 bits per heavy atom. The van der Waals surface area contributed by atoms with E-state index in [4.69, 9.17) is 0 Å². The molecular formula is C22H25FN2O3S. The van der Waals surface area contributed by atoms with Crippen molar-refractivity contribution < 1.29 is 17.6 Å². The zero-order chi connectivity index (χ0) is 20.6. The molecule has 0 spiro atoms. The fourth-order valence-electron chi connectivity index (χ4n) is 4.22. The first kappa shape index (κ1) is 20.0. The second-order valence-corrected chi connectivity index (χ2v) is 9.87. The quantitative estimate of drug-likeness (QED) is 0.764. The second-order valence-electron chi connectivity index (χ2n) is 7.96. The monoisotopic (exact) mass is 416 g/mol. The van der Waals surface area contributed by atoms with E-state index in [1.807, 2.05) is 24.3 Å². The Balaban J connectivity index is 1.70. The summed E-state index contributed by atoms with van der Waals surface area (Å²) in [6, 6.07) is 11.4. The summed E-state index contributed by atoms with van der Waals surface area (Å²) in [4.78, 5) is 14.5. The van der Waals surface area contributed by atoms with Gasteiger partial charge in [0.1, 0.15) is 10.7 Å². The maximum atomic E-state index is 14.5. The van der Waals surface area contributed by atoms with Crippen LogP contribution in [0.1, 0.15) is 42.1 Å². The number of nitrogens with zero attached hydrogens (tertiary/aromatic N) is 2. The van der Waals surface area contributed by atoms with Crippen molar-refractivity contribution in [2.75, 3.05) is 24.5 Å². The number of para-hydroxylation sites is 1. The number of amides is 1. The molecule has 1 fully saturated rings. The molecular weight excluding hydrogens is 391 g/mol. The number of carbonyl (C=O) groups excluding carboxylic acids is 1. The first-order chi connectivity index (χ1) is 13.9. The van der Waals surface area contributed by atoms with Crippen molar-refractivity contribution in [3.8, 4) is 0 Å². The lowest BCUT2D eigenvalue weighted by Crippen LogP contribution is -2.39. The predicted octanol–water partition coefficient (Wildman–Crippen LogP) is 3.84. The Hall–Kier alpha value is -2.25. The lowest BCUT2D eigenvalue weighted by molar-refractivity contribution is 0.0980. The van der Waals surface area contributed by atoms with E-state index in [1.165, 1.54) is 16.4 Å². The van der Waals surface area contributed by atoms with Gasteiger partial charge in [0.15, 0.2) is 0 Å². The van der Waals surface area contributed by atoms with Crippen molar-refractivity contribution in [1.82, 2.24) is 4.31 Å². The van der Waals surface area contributed by atoms with Gasteiger partial charge < -0.3 is 4.90 Å². The van der Waals surface area contributed by atoms with E-state index in [9.17, 15) is 17.6 Å². The van der Waals surface area contributed by atoms with E-state index in [1.54, 1.807) is 4.90 Å². The normalized spacial score (nSPS) is 20.3. The SMILES string of the molecule is CC1Cc2ccccc2N(C(=O)c2ccc(F)c(S(=O)(=O)N3CCCCC3)c2)C1. The van der Waals surface area contributed by atoms with Crippen LogP contribution in [0.5, 0.6) is 0 Å². The minimum atomic E-state index is -3.96. The summed E-state index contributed by atoms with van der Waals surface area (Å²) in [5, 5.41) is 0. The molecule has 2 aliphatic heterocycles. The number of rotatable bonds is 3. The molecule has 0 aliphatic carbocycles. The summed E-state index contributed by atoms with van der Waals surface area (Å²) < 4.78 is 41.8. The molecule has 2 aromatic carbocycles. The molecule has 1 unspecified atom stereocenters. The highest BCUT2D eigenvalue weighted by Crippen LogP contribution is 2.31. The van der Waals surface area contributed by atoms with Crippen LogP contribution in [0.4, 0.5) is 10.1 Å². The number of benzene rings is 2. The molecule has 2 aliphatic rings. The van der Waals surface area contributed by atoms with Crippen LogP contribution in [0, 0.1) is 11.7 Å². The van der Waals surface area contributed by atoms with Crippen molar-refractivity contribution in [2.24, 2.45) is 5.92 Å². The van der Waals surface area contributed by atoms with Gasteiger partial charge in [-0.15, -0.1) is 0 Å². The highest BCUT2D eigenvalue weighted by atomic mass is 32.2. The fourth-order valence-corrected chi connectivity index (χ4v) is 5.83. The van der Waals surface area contributed by atoms with E-state index in [2.05, 4.69) is 6.92 Å².